The summed E-state index contributed by atoms with van der Waals surface area (Å²) in [5.41, 5.74) is 4.48. The first kappa shape index (κ1) is 11.5. The number of aryl methyl sites for hydroxylation is 1. The molecule has 0 aromatic heterocycles. The summed E-state index contributed by atoms with van der Waals surface area (Å²) in [6, 6.07) is 4.31. The van der Waals surface area contributed by atoms with Gasteiger partial charge in [-0.3, -0.25) is 0 Å². The molecule has 0 unspecified atom stereocenters. The average Bonchev–Trinajstić information content (AvgIpc) is 3.05. The number of nitrogens with zero attached hydrogens (tertiary/aromatic N) is 4. The molecule has 0 N–H and O–H groups in total. The lowest BCUT2D eigenvalue weighted by Gasteiger charge is -2.33. The minimum Gasteiger partial charge on any atom is -0.359 e. The van der Waals surface area contributed by atoms with E-state index >= 15 is 0 Å². The molecule has 1 aromatic carbocycles. The number of hydrogen-bond donors (Lipinski definition) is 0. The van der Waals surface area contributed by atoms with Crippen LogP contribution in [0.5, 0.6) is 0 Å². The molecule has 2 heterocycles. The van der Waals surface area contributed by atoms with Crippen molar-refractivity contribution in [2.75, 3.05) is 23.8 Å². The molecule has 2 aliphatic heterocycles. The summed E-state index contributed by atoms with van der Waals surface area (Å²) < 4.78 is 23.1. The molecular formula is C18H26N4. The molecule has 0 bridgehead atoms. The third-order valence-electron chi connectivity index (χ3n) is 4.70. The second kappa shape index (κ2) is 5.27. The van der Waals surface area contributed by atoms with Gasteiger partial charge in [-0.05, 0) is 51.0 Å². The van der Waals surface area contributed by atoms with Crippen molar-refractivity contribution in [3.63, 3.8) is 0 Å². The average molecular weight is 301 g/mol. The van der Waals surface area contributed by atoms with Crippen LogP contribution < -0.4 is 9.80 Å². The van der Waals surface area contributed by atoms with Crippen LogP contribution in [0.2, 0.25) is 0 Å². The Bertz CT molecular complexity index is 726. The van der Waals surface area contributed by atoms with Gasteiger partial charge in [-0.1, -0.05) is 0 Å². The lowest BCUT2D eigenvalue weighted by molar-refractivity contribution is 0.381. The predicted molar refractivity (Wildman–Crippen MR) is 93.6 cm³/mol. The van der Waals surface area contributed by atoms with Crippen molar-refractivity contribution in [2.45, 2.75) is 40.0 Å². The van der Waals surface area contributed by atoms with Gasteiger partial charge in [-0.15, -0.1) is 0 Å². The maximum absolute atomic E-state index is 7.69. The lowest BCUT2D eigenvalue weighted by Crippen LogP contribution is -2.35. The van der Waals surface area contributed by atoms with E-state index in [4.69, 9.17) is 4.11 Å². The second-order valence-corrected chi connectivity index (χ2v) is 6.18. The van der Waals surface area contributed by atoms with Crippen LogP contribution in [0.15, 0.2) is 36.9 Å². The Labute approximate surface area is 138 Å². The first-order chi connectivity index (χ1) is 11.6. The Kier molecular flexibility index (Phi) is 2.75. The summed E-state index contributed by atoms with van der Waals surface area (Å²) in [4.78, 5) is 7.86. The third-order valence-corrected chi connectivity index (χ3v) is 4.70. The molecule has 0 saturated heterocycles. The lowest BCUT2D eigenvalue weighted by atomic mass is 10.1. The molecule has 4 heteroatoms. The molecule has 3 rings (SSSR count). The van der Waals surface area contributed by atoms with Crippen LogP contribution in [-0.4, -0.2) is 36.2 Å². The fraction of sp³-hybridized carbons (Fsp3) is 0.444. The summed E-state index contributed by atoms with van der Waals surface area (Å²) in [5, 5.41) is 0. The molecule has 0 radical (unpaired) electrons. The Morgan fingerprint density at radius 1 is 0.864 bits per heavy atom. The van der Waals surface area contributed by atoms with Gasteiger partial charge in [0, 0.05) is 54.3 Å². The molecule has 2 atom stereocenters. The van der Waals surface area contributed by atoms with Gasteiger partial charge in [0.1, 0.15) is 12.3 Å². The molecule has 1 aromatic rings. The molecule has 4 nitrogen and oxygen atoms in total. The van der Waals surface area contributed by atoms with Gasteiger partial charge >= 0.3 is 0 Å². The molecule has 2 aliphatic rings. The van der Waals surface area contributed by atoms with Crippen LogP contribution in [0.3, 0.4) is 0 Å². The molecular weight excluding hydrogens is 272 g/mol. The maximum atomic E-state index is 7.69. The fourth-order valence-corrected chi connectivity index (χ4v) is 3.07. The van der Waals surface area contributed by atoms with E-state index in [1.54, 1.807) is 6.20 Å². The van der Waals surface area contributed by atoms with E-state index in [2.05, 4.69) is 62.2 Å². The van der Waals surface area contributed by atoms with E-state index in [9.17, 15) is 0 Å². The van der Waals surface area contributed by atoms with Gasteiger partial charge in [0.25, 0.3) is 0 Å². The van der Waals surface area contributed by atoms with Gasteiger partial charge in [-0.2, -0.15) is 0 Å². The zero-order valence-corrected chi connectivity index (χ0v) is 13.9. The van der Waals surface area contributed by atoms with E-state index in [0.717, 1.165) is 22.5 Å². The highest BCUT2D eigenvalue weighted by molar-refractivity contribution is 5.72. The van der Waals surface area contributed by atoms with Crippen LogP contribution in [0.4, 0.5) is 11.4 Å². The highest BCUT2D eigenvalue weighted by atomic mass is 15.4. The van der Waals surface area contributed by atoms with Gasteiger partial charge in [-0.25, -0.2) is 0 Å². The van der Waals surface area contributed by atoms with Crippen molar-refractivity contribution < 1.29 is 4.11 Å². The zero-order valence-electron chi connectivity index (χ0n) is 16.9. The predicted octanol–water partition coefficient (Wildman–Crippen LogP) is 3.44. The van der Waals surface area contributed by atoms with E-state index in [0.29, 0.717) is 0 Å². The summed E-state index contributed by atoms with van der Waals surface area (Å²) in [5.74, 6) is 0. The monoisotopic (exact) mass is 301 g/mol. The number of hydrogen-bond acceptors (Lipinski definition) is 4. The molecule has 0 fully saturated rings. The van der Waals surface area contributed by atoms with Crippen LogP contribution >= 0.6 is 0 Å². The van der Waals surface area contributed by atoms with Crippen molar-refractivity contribution in [3.05, 3.63) is 48.1 Å². The highest BCUT2D eigenvalue weighted by Crippen LogP contribution is 2.36. The van der Waals surface area contributed by atoms with Gasteiger partial charge < -0.3 is 19.6 Å². The van der Waals surface area contributed by atoms with Gasteiger partial charge in [0.15, 0.2) is 0 Å². The van der Waals surface area contributed by atoms with E-state index in [1.165, 1.54) is 4.90 Å². The minimum absolute atomic E-state index is 0.249. The Balaban J connectivity index is 1.99. The summed E-state index contributed by atoms with van der Waals surface area (Å²) >= 11 is 0. The van der Waals surface area contributed by atoms with E-state index in [1.807, 2.05) is 18.0 Å². The first-order valence-corrected chi connectivity index (χ1v) is 7.66. The van der Waals surface area contributed by atoms with E-state index < -0.39 is 6.98 Å². The summed E-state index contributed by atoms with van der Waals surface area (Å²) in [7, 11) is 2.06. The van der Waals surface area contributed by atoms with Crippen LogP contribution in [0, 0.1) is 13.8 Å². The SMILES string of the molecule is [2H]C([2H])([2H])N1C=CN(c2cc(C)cc(N3C=CN(C)[C@H]3C)c2C)[C@H]1C. The second-order valence-electron chi connectivity index (χ2n) is 6.18. The van der Waals surface area contributed by atoms with Crippen LogP contribution in [0.1, 0.15) is 29.1 Å². The Hall–Kier alpha value is -2.10. The number of benzene rings is 1. The van der Waals surface area contributed by atoms with Crippen LogP contribution in [0.25, 0.3) is 0 Å². The van der Waals surface area contributed by atoms with Crippen molar-refractivity contribution in [1.82, 2.24) is 9.80 Å². The zero-order chi connectivity index (χ0) is 18.5. The maximum Gasteiger partial charge on any atom is 0.102 e. The topological polar surface area (TPSA) is 13.0 Å². The quantitative estimate of drug-likeness (QED) is 0.829. The smallest absolute Gasteiger partial charge is 0.102 e. The standard InChI is InChI=1S/C18H26N4/c1-13-11-17(21-9-7-19(5)15(21)3)14(2)18(12-13)22-10-8-20(6)16(22)4/h7-12,15-16H,1-6H3/t15-,16+/i5D3/m0/s1. The molecule has 0 amide bonds. The molecule has 0 aliphatic carbocycles. The van der Waals surface area contributed by atoms with Crippen molar-refractivity contribution in [1.29, 1.82) is 0 Å². The largest absolute Gasteiger partial charge is 0.359 e. The fourth-order valence-electron chi connectivity index (χ4n) is 3.07. The van der Waals surface area contributed by atoms with Crippen LogP contribution in [-0.2, 0) is 0 Å². The summed E-state index contributed by atoms with van der Waals surface area (Å²) in [6.45, 7) is 6.12. The normalized spacial score (nSPS) is 26.7. The molecule has 0 spiro atoms. The van der Waals surface area contributed by atoms with Crippen molar-refractivity contribution >= 4 is 11.4 Å². The van der Waals surface area contributed by atoms with Gasteiger partial charge in [0.05, 0.1) is 0 Å². The van der Waals surface area contributed by atoms with Crippen molar-refractivity contribution in [3.8, 4) is 0 Å². The minimum atomic E-state index is -2.14. The third kappa shape index (κ3) is 2.23. The number of anilines is 2. The molecule has 118 valence electrons. The summed E-state index contributed by atoms with van der Waals surface area (Å²) in [6.07, 6.45) is 7.67. The number of rotatable bonds is 2. The first-order valence-electron chi connectivity index (χ1n) is 9.16. The highest BCUT2D eigenvalue weighted by Gasteiger charge is 2.26. The Morgan fingerprint density at radius 2 is 1.36 bits per heavy atom. The molecule has 22 heavy (non-hydrogen) atoms. The van der Waals surface area contributed by atoms with Gasteiger partial charge in [0.2, 0.25) is 0 Å². The van der Waals surface area contributed by atoms with Crippen molar-refractivity contribution in [2.24, 2.45) is 0 Å². The molecule has 0 saturated carbocycles. The van der Waals surface area contributed by atoms with E-state index in [-0.39, 0.29) is 12.3 Å². The Morgan fingerprint density at radius 3 is 1.82 bits per heavy atom.